The van der Waals surface area contributed by atoms with E-state index in [-0.39, 0.29) is 11.6 Å². The normalized spacial score (nSPS) is 12.0. The van der Waals surface area contributed by atoms with E-state index in [1.165, 1.54) is 0 Å². The van der Waals surface area contributed by atoms with Crippen molar-refractivity contribution < 1.29 is 14.6 Å². The minimum Gasteiger partial charge on any atom is -0.489 e. The van der Waals surface area contributed by atoms with Crippen LogP contribution in [0.2, 0.25) is 0 Å². The number of hydrogen-bond acceptors (Lipinski definition) is 3. The number of benzene rings is 2. The minimum atomic E-state index is -0.936. The molecule has 5 heteroatoms. The number of hydrogen-bond donors (Lipinski definition) is 2. The van der Waals surface area contributed by atoms with Crippen molar-refractivity contribution in [2.24, 2.45) is 5.73 Å². The average Bonchev–Trinajstić information content (AvgIpc) is 2.46. The molecular formula is C16H16BrNO3. The van der Waals surface area contributed by atoms with Gasteiger partial charge in [0, 0.05) is 16.1 Å². The third-order valence-electron chi connectivity index (χ3n) is 3.06. The maximum atomic E-state index is 10.8. The fraction of sp³-hybridized carbons (Fsp3) is 0.188. The predicted octanol–water partition coefficient (Wildman–Crippen LogP) is 3.75. The number of carboxylic acid groups (broad SMARTS) is 1. The predicted molar refractivity (Wildman–Crippen MR) is 84.5 cm³/mol. The Morgan fingerprint density at radius 2 is 1.95 bits per heavy atom. The van der Waals surface area contributed by atoms with E-state index < -0.39 is 5.97 Å². The Bertz CT molecular complexity index is 638. The van der Waals surface area contributed by atoms with E-state index in [4.69, 9.17) is 15.6 Å². The van der Waals surface area contributed by atoms with Crippen LogP contribution in [0.1, 0.15) is 34.5 Å². The number of halogens is 1. The van der Waals surface area contributed by atoms with Gasteiger partial charge >= 0.3 is 5.97 Å². The van der Waals surface area contributed by atoms with Gasteiger partial charge in [-0.2, -0.15) is 0 Å². The van der Waals surface area contributed by atoms with Gasteiger partial charge in [0.25, 0.3) is 0 Å². The SMILES string of the molecule is C[C@@H](N)c1cc(Br)ccc1OCc1ccc(C(=O)O)cc1. The standard InChI is InChI=1S/C16H16BrNO3/c1-10(18)14-8-13(17)6-7-15(14)21-9-11-2-4-12(5-3-11)16(19)20/h2-8,10H,9,18H2,1H3,(H,19,20)/t10-/m1/s1. The van der Waals surface area contributed by atoms with Gasteiger partial charge in [0.15, 0.2) is 0 Å². The quantitative estimate of drug-likeness (QED) is 0.862. The summed E-state index contributed by atoms with van der Waals surface area (Å²) in [6.07, 6.45) is 0. The van der Waals surface area contributed by atoms with Gasteiger partial charge in [-0.05, 0) is 42.8 Å². The van der Waals surface area contributed by atoms with E-state index in [1.54, 1.807) is 24.3 Å². The maximum Gasteiger partial charge on any atom is 0.335 e. The molecule has 0 fully saturated rings. The molecule has 21 heavy (non-hydrogen) atoms. The molecule has 0 saturated heterocycles. The Morgan fingerprint density at radius 1 is 1.29 bits per heavy atom. The second-order valence-corrected chi connectivity index (χ2v) is 5.68. The van der Waals surface area contributed by atoms with Gasteiger partial charge in [-0.25, -0.2) is 4.79 Å². The highest BCUT2D eigenvalue weighted by Gasteiger charge is 2.09. The molecule has 0 amide bonds. The maximum absolute atomic E-state index is 10.8. The Hall–Kier alpha value is -1.85. The second-order valence-electron chi connectivity index (χ2n) is 4.76. The lowest BCUT2D eigenvalue weighted by Crippen LogP contribution is -2.08. The van der Waals surface area contributed by atoms with Gasteiger partial charge in [0.05, 0.1) is 5.56 Å². The molecule has 2 rings (SSSR count). The van der Waals surface area contributed by atoms with Crippen LogP contribution in [0.3, 0.4) is 0 Å². The van der Waals surface area contributed by atoms with Crippen molar-refractivity contribution in [2.45, 2.75) is 19.6 Å². The number of aromatic carboxylic acids is 1. The van der Waals surface area contributed by atoms with Crippen LogP contribution in [-0.4, -0.2) is 11.1 Å². The van der Waals surface area contributed by atoms with E-state index in [9.17, 15) is 4.79 Å². The van der Waals surface area contributed by atoms with E-state index in [0.29, 0.717) is 6.61 Å². The summed E-state index contributed by atoms with van der Waals surface area (Å²) >= 11 is 3.42. The third kappa shape index (κ3) is 4.06. The number of nitrogens with two attached hydrogens (primary N) is 1. The van der Waals surface area contributed by atoms with Crippen LogP contribution in [0.4, 0.5) is 0 Å². The summed E-state index contributed by atoms with van der Waals surface area (Å²) in [4.78, 5) is 10.8. The molecule has 0 radical (unpaired) electrons. The molecule has 4 nitrogen and oxygen atoms in total. The molecule has 0 saturated carbocycles. The number of ether oxygens (including phenoxy) is 1. The summed E-state index contributed by atoms with van der Waals surface area (Å²) in [5, 5.41) is 8.86. The summed E-state index contributed by atoms with van der Waals surface area (Å²) in [5.41, 5.74) is 8.03. The molecule has 0 aliphatic rings. The zero-order chi connectivity index (χ0) is 15.4. The van der Waals surface area contributed by atoms with Crippen LogP contribution in [0.5, 0.6) is 5.75 Å². The van der Waals surface area contributed by atoms with Crippen molar-refractivity contribution in [1.29, 1.82) is 0 Å². The summed E-state index contributed by atoms with van der Waals surface area (Å²) in [6, 6.07) is 12.2. The van der Waals surface area contributed by atoms with Crippen molar-refractivity contribution in [2.75, 3.05) is 0 Å². The average molecular weight is 350 g/mol. The Morgan fingerprint density at radius 3 is 2.52 bits per heavy atom. The fourth-order valence-corrected chi connectivity index (χ4v) is 2.29. The lowest BCUT2D eigenvalue weighted by atomic mass is 10.1. The molecule has 0 aliphatic heterocycles. The Balaban J connectivity index is 2.11. The lowest BCUT2D eigenvalue weighted by Gasteiger charge is -2.14. The zero-order valence-corrected chi connectivity index (χ0v) is 13.1. The minimum absolute atomic E-state index is 0.133. The highest BCUT2D eigenvalue weighted by Crippen LogP contribution is 2.28. The molecular weight excluding hydrogens is 334 g/mol. The lowest BCUT2D eigenvalue weighted by molar-refractivity contribution is 0.0697. The van der Waals surface area contributed by atoms with E-state index in [0.717, 1.165) is 21.3 Å². The fourth-order valence-electron chi connectivity index (χ4n) is 1.91. The molecule has 110 valence electrons. The molecule has 0 bridgehead atoms. The Kier molecular flexibility index (Phi) is 4.98. The molecule has 2 aromatic rings. The first-order chi connectivity index (χ1) is 9.97. The number of rotatable bonds is 5. The van der Waals surface area contributed by atoms with Gasteiger partial charge in [0.2, 0.25) is 0 Å². The van der Waals surface area contributed by atoms with Gasteiger partial charge < -0.3 is 15.6 Å². The number of carbonyl (C=O) groups is 1. The van der Waals surface area contributed by atoms with Gasteiger partial charge in [0.1, 0.15) is 12.4 Å². The van der Waals surface area contributed by atoms with Crippen molar-refractivity contribution >= 4 is 21.9 Å². The molecule has 1 atom stereocenters. The van der Waals surface area contributed by atoms with Crippen molar-refractivity contribution in [1.82, 2.24) is 0 Å². The molecule has 3 N–H and O–H groups in total. The van der Waals surface area contributed by atoms with E-state index in [2.05, 4.69) is 15.9 Å². The van der Waals surface area contributed by atoms with Gasteiger partial charge in [-0.1, -0.05) is 28.1 Å². The van der Waals surface area contributed by atoms with E-state index >= 15 is 0 Å². The first kappa shape index (κ1) is 15.5. The third-order valence-corrected chi connectivity index (χ3v) is 3.55. The topological polar surface area (TPSA) is 72.5 Å². The van der Waals surface area contributed by atoms with Crippen LogP contribution in [0.15, 0.2) is 46.9 Å². The van der Waals surface area contributed by atoms with Crippen LogP contribution in [0.25, 0.3) is 0 Å². The van der Waals surface area contributed by atoms with Gasteiger partial charge in [-0.15, -0.1) is 0 Å². The molecule has 2 aromatic carbocycles. The zero-order valence-electron chi connectivity index (χ0n) is 11.5. The summed E-state index contributed by atoms with van der Waals surface area (Å²) < 4.78 is 6.74. The summed E-state index contributed by atoms with van der Waals surface area (Å²) in [5.74, 6) is -0.204. The van der Waals surface area contributed by atoms with Crippen LogP contribution in [0, 0.1) is 0 Å². The summed E-state index contributed by atoms with van der Waals surface area (Å²) in [7, 11) is 0. The summed E-state index contributed by atoms with van der Waals surface area (Å²) in [6.45, 7) is 2.26. The van der Waals surface area contributed by atoms with Crippen molar-refractivity contribution in [3.05, 3.63) is 63.6 Å². The molecule has 0 unspecified atom stereocenters. The molecule has 0 aliphatic carbocycles. The molecule has 0 aromatic heterocycles. The smallest absolute Gasteiger partial charge is 0.335 e. The first-order valence-corrected chi connectivity index (χ1v) is 7.26. The van der Waals surface area contributed by atoms with Crippen LogP contribution in [-0.2, 0) is 6.61 Å². The highest BCUT2D eigenvalue weighted by molar-refractivity contribution is 9.10. The largest absolute Gasteiger partial charge is 0.489 e. The van der Waals surface area contributed by atoms with Crippen LogP contribution >= 0.6 is 15.9 Å². The number of carboxylic acids is 1. The Labute approximate surface area is 131 Å². The van der Waals surface area contributed by atoms with Crippen LogP contribution < -0.4 is 10.5 Å². The van der Waals surface area contributed by atoms with Crippen molar-refractivity contribution in [3.8, 4) is 5.75 Å². The first-order valence-electron chi connectivity index (χ1n) is 6.47. The molecule has 0 heterocycles. The monoisotopic (exact) mass is 349 g/mol. The second kappa shape index (κ2) is 6.74. The van der Waals surface area contributed by atoms with Crippen molar-refractivity contribution in [3.63, 3.8) is 0 Å². The van der Waals surface area contributed by atoms with Gasteiger partial charge in [-0.3, -0.25) is 0 Å². The molecule has 0 spiro atoms. The van der Waals surface area contributed by atoms with E-state index in [1.807, 2.05) is 25.1 Å². The highest BCUT2D eigenvalue weighted by atomic mass is 79.9.